The summed E-state index contributed by atoms with van der Waals surface area (Å²) in [7, 11) is 1.27. The van der Waals surface area contributed by atoms with Gasteiger partial charge >= 0.3 is 18.0 Å². The van der Waals surface area contributed by atoms with Gasteiger partial charge in [-0.3, -0.25) is 19.4 Å². The van der Waals surface area contributed by atoms with E-state index in [0.717, 1.165) is 9.80 Å². The van der Waals surface area contributed by atoms with E-state index in [4.69, 9.17) is 9.47 Å². The van der Waals surface area contributed by atoms with E-state index in [-0.39, 0.29) is 24.2 Å². The number of rotatable bonds is 11. The summed E-state index contributed by atoms with van der Waals surface area (Å²) in [6.07, 6.45) is -1.65. The number of carbonyl (C=O) groups excluding carboxylic acids is 5. The van der Waals surface area contributed by atoms with Gasteiger partial charge in [-0.15, -0.1) is 0 Å². The molecule has 3 unspecified atom stereocenters. The van der Waals surface area contributed by atoms with E-state index in [1.54, 1.807) is 44.2 Å². The Morgan fingerprint density at radius 3 is 1.82 bits per heavy atom. The molecule has 1 heterocycles. The number of esters is 2. The van der Waals surface area contributed by atoms with E-state index in [9.17, 15) is 34.2 Å². The smallest absolute Gasteiger partial charge is 0.338 e. The summed E-state index contributed by atoms with van der Waals surface area (Å²) in [6.45, 7) is 2.25. The zero-order valence-electron chi connectivity index (χ0n) is 22.0. The number of benzene rings is 2. The standard InChI is InChI=1S/C28H32N2O9/c1-4-21(31)16-38-23(33)18-11-13-19(14-12-18)24(34)39-17-22(32)15-30-26(36)28(5-2,20-9-7-6-8-10-20)25(35)29(3)27(30)37/h6-14,21-22,31-32H,4-5,15-17H2,1-3H3. The van der Waals surface area contributed by atoms with Crippen LogP contribution in [0.5, 0.6) is 0 Å². The van der Waals surface area contributed by atoms with Gasteiger partial charge in [0.15, 0.2) is 5.41 Å². The van der Waals surface area contributed by atoms with Gasteiger partial charge in [-0.1, -0.05) is 44.2 Å². The SMILES string of the molecule is CCC(O)COC(=O)c1ccc(C(=O)OCC(O)CN2C(=O)N(C)C(=O)C(CC)(c3ccccc3)C2=O)cc1. The third kappa shape index (κ3) is 6.15. The minimum Gasteiger partial charge on any atom is -0.459 e. The number of nitrogens with zero attached hydrogens (tertiary/aromatic N) is 2. The Labute approximate surface area is 225 Å². The van der Waals surface area contributed by atoms with Gasteiger partial charge in [0.05, 0.1) is 23.8 Å². The van der Waals surface area contributed by atoms with Crippen LogP contribution in [0.1, 0.15) is 53.0 Å². The van der Waals surface area contributed by atoms with Gasteiger partial charge in [-0.2, -0.15) is 0 Å². The van der Waals surface area contributed by atoms with Gasteiger partial charge in [0.1, 0.15) is 19.3 Å². The minimum absolute atomic E-state index is 0.0939. The Balaban J connectivity index is 1.64. The predicted molar refractivity (Wildman–Crippen MR) is 138 cm³/mol. The lowest BCUT2D eigenvalue weighted by Gasteiger charge is -2.43. The summed E-state index contributed by atoms with van der Waals surface area (Å²) < 4.78 is 10.1. The lowest BCUT2D eigenvalue weighted by atomic mass is 9.74. The number of likely N-dealkylation sites (N-methyl/N-ethyl adjacent to an activating group) is 1. The molecule has 2 aromatic rings. The van der Waals surface area contributed by atoms with Crippen molar-refractivity contribution in [1.29, 1.82) is 0 Å². The van der Waals surface area contributed by atoms with E-state index in [1.165, 1.54) is 31.3 Å². The molecule has 3 rings (SSSR count). The number of aliphatic hydroxyl groups is 2. The van der Waals surface area contributed by atoms with Crippen LogP contribution in [0.2, 0.25) is 0 Å². The highest BCUT2D eigenvalue weighted by Gasteiger charge is 2.56. The molecule has 1 saturated heterocycles. The third-order valence-corrected chi connectivity index (χ3v) is 6.63. The van der Waals surface area contributed by atoms with Crippen molar-refractivity contribution in [1.82, 2.24) is 9.80 Å². The fraction of sp³-hybridized carbons (Fsp3) is 0.393. The monoisotopic (exact) mass is 540 g/mol. The second kappa shape index (κ2) is 12.6. The van der Waals surface area contributed by atoms with E-state index >= 15 is 0 Å². The summed E-state index contributed by atoms with van der Waals surface area (Å²) >= 11 is 0. The molecule has 0 saturated carbocycles. The van der Waals surface area contributed by atoms with Crippen LogP contribution in [0.15, 0.2) is 54.6 Å². The van der Waals surface area contributed by atoms with Gasteiger partial charge in [0, 0.05) is 7.05 Å². The first-order chi connectivity index (χ1) is 18.6. The molecular weight excluding hydrogens is 508 g/mol. The van der Waals surface area contributed by atoms with E-state index in [2.05, 4.69) is 0 Å². The zero-order chi connectivity index (χ0) is 28.7. The van der Waals surface area contributed by atoms with Gasteiger partial charge in [0.2, 0.25) is 0 Å². The number of β-amino-alcohol motifs (C(OH)–C–C–N with tert-alkyl or cyclic N) is 1. The molecule has 0 bridgehead atoms. The van der Waals surface area contributed by atoms with Crippen LogP contribution in [-0.2, 0) is 24.5 Å². The maximum atomic E-state index is 13.5. The Morgan fingerprint density at radius 1 is 0.821 bits per heavy atom. The summed E-state index contributed by atoms with van der Waals surface area (Å²) in [6, 6.07) is 12.9. The quantitative estimate of drug-likeness (QED) is 0.322. The fourth-order valence-corrected chi connectivity index (χ4v) is 4.23. The molecule has 208 valence electrons. The lowest BCUT2D eigenvalue weighted by molar-refractivity contribution is -0.152. The molecule has 1 fully saturated rings. The average molecular weight is 541 g/mol. The van der Waals surface area contributed by atoms with Gasteiger partial charge in [-0.25, -0.2) is 14.4 Å². The number of barbiturate groups is 1. The van der Waals surface area contributed by atoms with Crippen molar-refractivity contribution in [2.75, 3.05) is 26.8 Å². The first-order valence-electron chi connectivity index (χ1n) is 12.6. The average Bonchev–Trinajstić information content (AvgIpc) is 2.96. The Hall–Kier alpha value is -4.09. The molecule has 11 nitrogen and oxygen atoms in total. The van der Waals surface area contributed by atoms with Crippen LogP contribution >= 0.6 is 0 Å². The second-order valence-corrected chi connectivity index (χ2v) is 9.18. The van der Waals surface area contributed by atoms with Crippen molar-refractivity contribution < 1.29 is 43.7 Å². The van der Waals surface area contributed by atoms with E-state index < -0.39 is 60.6 Å². The highest BCUT2D eigenvalue weighted by atomic mass is 16.5. The molecule has 1 aliphatic heterocycles. The van der Waals surface area contributed by atoms with Crippen molar-refractivity contribution in [3.63, 3.8) is 0 Å². The van der Waals surface area contributed by atoms with Crippen molar-refractivity contribution in [3.8, 4) is 0 Å². The number of carbonyl (C=O) groups is 5. The molecule has 2 aromatic carbocycles. The molecule has 39 heavy (non-hydrogen) atoms. The lowest BCUT2D eigenvalue weighted by Crippen LogP contribution is -2.67. The molecular formula is C28H32N2O9. The molecule has 0 radical (unpaired) electrons. The predicted octanol–water partition coefficient (Wildman–Crippen LogP) is 1.90. The number of aliphatic hydroxyl groups excluding tert-OH is 2. The van der Waals surface area contributed by atoms with Crippen LogP contribution in [0, 0.1) is 0 Å². The summed E-state index contributed by atoms with van der Waals surface area (Å²) in [5, 5.41) is 20.0. The third-order valence-electron chi connectivity index (χ3n) is 6.63. The molecule has 0 spiro atoms. The topological polar surface area (TPSA) is 151 Å². The molecule has 4 amide bonds. The normalized spacial score (nSPS) is 19.1. The molecule has 1 aliphatic rings. The van der Waals surface area contributed by atoms with Gasteiger partial charge < -0.3 is 19.7 Å². The first-order valence-corrected chi connectivity index (χ1v) is 12.6. The molecule has 2 N–H and O–H groups in total. The van der Waals surface area contributed by atoms with Crippen LogP contribution < -0.4 is 0 Å². The summed E-state index contributed by atoms with van der Waals surface area (Å²) in [5.74, 6) is -2.87. The van der Waals surface area contributed by atoms with Gasteiger partial charge in [-0.05, 0) is 42.7 Å². The van der Waals surface area contributed by atoms with Crippen LogP contribution in [0.4, 0.5) is 4.79 Å². The molecule has 11 heteroatoms. The number of hydrogen-bond acceptors (Lipinski definition) is 9. The zero-order valence-corrected chi connectivity index (χ0v) is 22.0. The minimum atomic E-state index is -1.63. The number of urea groups is 1. The number of imide groups is 2. The highest BCUT2D eigenvalue weighted by Crippen LogP contribution is 2.36. The Morgan fingerprint density at radius 2 is 1.33 bits per heavy atom. The maximum Gasteiger partial charge on any atom is 0.338 e. The summed E-state index contributed by atoms with van der Waals surface area (Å²) in [4.78, 5) is 65.6. The fourth-order valence-electron chi connectivity index (χ4n) is 4.23. The number of hydrogen-bond donors (Lipinski definition) is 2. The van der Waals surface area contributed by atoms with Crippen LogP contribution in [0.25, 0.3) is 0 Å². The highest BCUT2D eigenvalue weighted by molar-refractivity contribution is 6.22. The Kier molecular flexibility index (Phi) is 9.55. The number of ether oxygens (including phenoxy) is 2. The molecule has 0 aliphatic carbocycles. The van der Waals surface area contributed by atoms with Crippen LogP contribution in [0.3, 0.4) is 0 Å². The van der Waals surface area contributed by atoms with Crippen LogP contribution in [-0.4, -0.2) is 88.8 Å². The maximum absolute atomic E-state index is 13.5. The summed E-state index contributed by atoms with van der Waals surface area (Å²) in [5.41, 5.74) is -0.926. The first kappa shape index (κ1) is 29.5. The largest absolute Gasteiger partial charge is 0.459 e. The van der Waals surface area contributed by atoms with Crippen molar-refractivity contribution >= 4 is 29.8 Å². The van der Waals surface area contributed by atoms with Crippen molar-refractivity contribution in [3.05, 3.63) is 71.3 Å². The van der Waals surface area contributed by atoms with Crippen molar-refractivity contribution in [2.24, 2.45) is 0 Å². The van der Waals surface area contributed by atoms with Gasteiger partial charge in [0.25, 0.3) is 11.8 Å². The second-order valence-electron chi connectivity index (χ2n) is 9.18. The number of amides is 4. The Bertz CT molecular complexity index is 1220. The van der Waals surface area contributed by atoms with E-state index in [1.807, 2.05) is 0 Å². The van der Waals surface area contributed by atoms with E-state index in [0.29, 0.717) is 12.0 Å². The molecule has 3 atom stereocenters. The van der Waals surface area contributed by atoms with Crippen molar-refractivity contribution in [2.45, 2.75) is 44.3 Å². The molecule has 0 aromatic heterocycles.